The smallest absolute Gasteiger partial charge is 0.227 e. The number of anilines is 1. The fourth-order valence-corrected chi connectivity index (χ4v) is 4.07. The molecule has 31 heavy (non-hydrogen) atoms. The molecule has 0 bridgehead atoms. The van der Waals surface area contributed by atoms with Gasteiger partial charge in [-0.2, -0.15) is 5.10 Å². The first-order valence-corrected chi connectivity index (χ1v) is 10.3. The van der Waals surface area contributed by atoms with Gasteiger partial charge in [0.15, 0.2) is 0 Å². The molecule has 2 heterocycles. The normalized spacial score (nSPS) is 16.1. The van der Waals surface area contributed by atoms with Crippen molar-refractivity contribution in [3.05, 3.63) is 90.8 Å². The molecule has 1 atom stereocenters. The van der Waals surface area contributed by atoms with Crippen LogP contribution in [0.3, 0.4) is 0 Å². The van der Waals surface area contributed by atoms with Gasteiger partial charge in [-0.15, -0.1) is 0 Å². The van der Waals surface area contributed by atoms with Crippen molar-refractivity contribution in [1.82, 2.24) is 15.1 Å². The molecule has 6 nitrogen and oxygen atoms in total. The second kappa shape index (κ2) is 8.07. The first-order chi connectivity index (χ1) is 15.2. The Morgan fingerprint density at radius 2 is 1.77 bits per heavy atom. The Bertz CT molecular complexity index is 1240. The van der Waals surface area contributed by atoms with Crippen molar-refractivity contribution in [1.29, 1.82) is 0 Å². The van der Waals surface area contributed by atoms with Gasteiger partial charge in [0.25, 0.3) is 0 Å². The highest BCUT2D eigenvalue weighted by Gasteiger charge is 2.35. The Morgan fingerprint density at radius 1 is 1.00 bits per heavy atom. The molecule has 1 unspecified atom stereocenters. The molecule has 0 spiro atoms. The summed E-state index contributed by atoms with van der Waals surface area (Å²) in [5, 5.41) is 9.42. The Labute approximate surface area is 180 Å². The van der Waals surface area contributed by atoms with Crippen LogP contribution in [0.4, 0.5) is 5.69 Å². The summed E-state index contributed by atoms with van der Waals surface area (Å²) in [6.45, 7) is 0.770. The molecule has 1 saturated heterocycles. The van der Waals surface area contributed by atoms with Crippen LogP contribution < -0.4 is 10.2 Å². The summed E-state index contributed by atoms with van der Waals surface area (Å²) in [6, 6.07) is 23.7. The third-order valence-corrected chi connectivity index (χ3v) is 5.68. The lowest BCUT2D eigenvalue weighted by atomic mass is 10.1. The molecular weight excluding hydrogens is 388 g/mol. The van der Waals surface area contributed by atoms with Gasteiger partial charge in [-0.3, -0.25) is 9.59 Å². The van der Waals surface area contributed by atoms with Crippen LogP contribution in [0.5, 0.6) is 0 Å². The van der Waals surface area contributed by atoms with Crippen LogP contribution in [-0.4, -0.2) is 28.1 Å². The highest BCUT2D eigenvalue weighted by Crippen LogP contribution is 2.31. The summed E-state index contributed by atoms with van der Waals surface area (Å²) in [7, 11) is 0. The van der Waals surface area contributed by atoms with E-state index in [0.717, 1.165) is 27.7 Å². The fourth-order valence-electron chi connectivity index (χ4n) is 4.07. The molecular formula is C25H22N4O2. The SMILES string of the molecule is O=C(NCc1cnn(-c2ccccc2)c1)C1CC(=O)N(c2cccc3ccccc23)C1. The lowest BCUT2D eigenvalue weighted by molar-refractivity contribution is -0.126. The van der Waals surface area contributed by atoms with E-state index in [1.807, 2.05) is 79.0 Å². The lowest BCUT2D eigenvalue weighted by Crippen LogP contribution is -2.32. The van der Waals surface area contributed by atoms with Gasteiger partial charge in [0.2, 0.25) is 11.8 Å². The van der Waals surface area contributed by atoms with E-state index in [-0.39, 0.29) is 24.2 Å². The Kier molecular flexibility index (Phi) is 4.96. The molecule has 1 N–H and O–H groups in total. The van der Waals surface area contributed by atoms with Gasteiger partial charge in [0.1, 0.15) is 0 Å². The first-order valence-electron chi connectivity index (χ1n) is 10.3. The minimum Gasteiger partial charge on any atom is -0.352 e. The van der Waals surface area contributed by atoms with Crippen LogP contribution in [-0.2, 0) is 16.1 Å². The molecule has 6 heteroatoms. The first kappa shape index (κ1) is 19.1. The van der Waals surface area contributed by atoms with E-state index in [2.05, 4.69) is 10.4 Å². The van der Waals surface area contributed by atoms with E-state index in [9.17, 15) is 9.59 Å². The molecule has 2 amide bonds. The number of aromatic nitrogens is 2. The minimum absolute atomic E-state index is 0.0200. The van der Waals surface area contributed by atoms with Crippen LogP contribution in [0.15, 0.2) is 85.2 Å². The summed E-state index contributed by atoms with van der Waals surface area (Å²) in [6.07, 6.45) is 3.87. The molecule has 1 aromatic heterocycles. The third-order valence-electron chi connectivity index (χ3n) is 5.68. The van der Waals surface area contributed by atoms with Gasteiger partial charge in [0.05, 0.1) is 23.5 Å². The van der Waals surface area contributed by atoms with Crippen molar-refractivity contribution in [2.45, 2.75) is 13.0 Å². The molecule has 1 aliphatic heterocycles. The summed E-state index contributed by atoms with van der Waals surface area (Å²) in [4.78, 5) is 27.2. The molecule has 5 rings (SSSR count). The van der Waals surface area contributed by atoms with Crippen molar-refractivity contribution >= 4 is 28.3 Å². The zero-order chi connectivity index (χ0) is 21.2. The van der Waals surface area contributed by atoms with Crippen molar-refractivity contribution in [3.63, 3.8) is 0 Å². The largest absolute Gasteiger partial charge is 0.352 e. The van der Waals surface area contributed by atoms with E-state index in [1.54, 1.807) is 15.8 Å². The predicted octanol–water partition coefficient (Wildman–Crippen LogP) is 3.69. The van der Waals surface area contributed by atoms with Crippen molar-refractivity contribution in [3.8, 4) is 5.69 Å². The maximum Gasteiger partial charge on any atom is 0.227 e. The van der Waals surface area contributed by atoms with Crippen molar-refractivity contribution in [2.24, 2.45) is 5.92 Å². The highest BCUT2D eigenvalue weighted by molar-refractivity contribution is 6.06. The topological polar surface area (TPSA) is 67.2 Å². The molecule has 1 aliphatic rings. The van der Waals surface area contributed by atoms with Gasteiger partial charge in [-0.05, 0) is 23.6 Å². The average molecular weight is 410 g/mol. The number of benzene rings is 3. The van der Waals surface area contributed by atoms with E-state index in [4.69, 9.17) is 0 Å². The Morgan fingerprint density at radius 3 is 2.65 bits per heavy atom. The molecule has 0 aliphatic carbocycles. The zero-order valence-electron chi connectivity index (χ0n) is 16.9. The minimum atomic E-state index is -0.365. The number of amides is 2. The number of rotatable bonds is 5. The van der Waals surface area contributed by atoms with Gasteiger partial charge >= 0.3 is 0 Å². The quantitative estimate of drug-likeness (QED) is 0.546. The lowest BCUT2D eigenvalue weighted by Gasteiger charge is -2.19. The van der Waals surface area contributed by atoms with Crippen molar-refractivity contribution in [2.75, 3.05) is 11.4 Å². The second-order valence-corrected chi connectivity index (χ2v) is 7.75. The van der Waals surface area contributed by atoms with Crippen molar-refractivity contribution < 1.29 is 9.59 Å². The van der Waals surface area contributed by atoms with E-state index in [0.29, 0.717) is 13.1 Å². The molecule has 1 fully saturated rings. The van der Waals surface area contributed by atoms with Gasteiger partial charge < -0.3 is 10.2 Å². The summed E-state index contributed by atoms with van der Waals surface area (Å²) < 4.78 is 1.78. The number of carbonyl (C=O) groups excluding carboxylic acids is 2. The van der Waals surface area contributed by atoms with E-state index in [1.165, 1.54) is 0 Å². The van der Waals surface area contributed by atoms with Crippen LogP contribution in [0, 0.1) is 5.92 Å². The molecule has 0 saturated carbocycles. The monoisotopic (exact) mass is 410 g/mol. The van der Waals surface area contributed by atoms with Gasteiger partial charge in [-0.25, -0.2) is 4.68 Å². The number of carbonyl (C=O) groups is 2. The Hall–Kier alpha value is -3.93. The summed E-state index contributed by atoms with van der Waals surface area (Å²) >= 11 is 0. The van der Waals surface area contributed by atoms with Crippen LogP contribution in [0.25, 0.3) is 16.5 Å². The number of para-hydroxylation sites is 1. The molecule has 0 radical (unpaired) electrons. The maximum absolute atomic E-state index is 12.8. The number of nitrogens with zero attached hydrogens (tertiary/aromatic N) is 3. The van der Waals surface area contributed by atoms with Crippen LogP contribution >= 0.6 is 0 Å². The average Bonchev–Trinajstić information content (AvgIpc) is 3.44. The number of hydrogen-bond acceptors (Lipinski definition) is 3. The standard InChI is InChI=1S/C25H22N4O2/c30-24-13-20(17-28(24)23-12-6-8-19-7-4-5-11-22(19)23)25(31)26-14-18-15-27-29(16-18)21-9-2-1-3-10-21/h1-12,15-16,20H,13-14,17H2,(H,26,31). The number of fused-ring (bicyclic) bond motifs is 1. The summed E-state index contributed by atoms with van der Waals surface area (Å²) in [5.74, 6) is -0.493. The Balaban J connectivity index is 1.25. The summed E-state index contributed by atoms with van der Waals surface area (Å²) in [5.41, 5.74) is 2.74. The van der Waals surface area contributed by atoms with E-state index >= 15 is 0 Å². The molecule has 4 aromatic rings. The van der Waals surface area contributed by atoms with E-state index < -0.39 is 0 Å². The maximum atomic E-state index is 12.8. The fraction of sp³-hybridized carbons (Fsp3) is 0.160. The number of hydrogen-bond donors (Lipinski definition) is 1. The van der Waals surface area contributed by atoms with Crippen LogP contribution in [0.2, 0.25) is 0 Å². The second-order valence-electron chi connectivity index (χ2n) is 7.75. The van der Waals surface area contributed by atoms with Gasteiger partial charge in [-0.1, -0.05) is 54.6 Å². The zero-order valence-corrected chi connectivity index (χ0v) is 16.9. The third kappa shape index (κ3) is 3.80. The highest BCUT2D eigenvalue weighted by atomic mass is 16.2. The predicted molar refractivity (Wildman–Crippen MR) is 120 cm³/mol. The molecule has 154 valence electrons. The van der Waals surface area contributed by atoms with Gasteiger partial charge in [0, 0.05) is 36.7 Å². The van der Waals surface area contributed by atoms with Crippen LogP contribution in [0.1, 0.15) is 12.0 Å². The number of nitrogens with one attached hydrogen (secondary N) is 1. The molecule has 3 aromatic carbocycles.